The van der Waals surface area contributed by atoms with Gasteiger partial charge < -0.3 is 5.11 Å². The van der Waals surface area contributed by atoms with E-state index < -0.39 is 9.84 Å². The molecule has 20 heavy (non-hydrogen) atoms. The first kappa shape index (κ1) is 16.2. The lowest BCUT2D eigenvalue weighted by Gasteiger charge is -2.40. The maximum absolute atomic E-state index is 11.6. The summed E-state index contributed by atoms with van der Waals surface area (Å²) in [4.78, 5) is 2.27. The van der Waals surface area contributed by atoms with Crippen LogP contribution in [-0.4, -0.2) is 55.2 Å². The standard InChI is InChI=1S/C15H29NO3S/c1-3-4-13-5-6-15(17)14(9-13)10-16-7-8-20(18,19)11-12(16)2/h12-15,17H,3-11H2,1-2H3. The van der Waals surface area contributed by atoms with E-state index in [0.717, 1.165) is 31.7 Å². The zero-order valence-electron chi connectivity index (χ0n) is 12.8. The second kappa shape index (κ2) is 6.75. The molecule has 1 saturated heterocycles. The van der Waals surface area contributed by atoms with Crippen molar-refractivity contribution in [3.05, 3.63) is 0 Å². The number of rotatable bonds is 4. The van der Waals surface area contributed by atoms with Crippen LogP contribution in [0.4, 0.5) is 0 Å². The van der Waals surface area contributed by atoms with E-state index in [4.69, 9.17) is 0 Å². The summed E-state index contributed by atoms with van der Waals surface area (Å²) >= 11 is 0. The van der Waals surface area contributed by atoms with Crippen LogP contribution < -0.4 is 0 Å². The van der Waals surface area contributed by atoms with E-state index in [2.05, 4.69) is 11.8 Å². The van der Waals surface area contributed by atoms with E-state index >= 15 is 0 Å². The average Bonchev–Trinajstić information content (AvgIpc) is 2.36. The SMILES string of the molecule is CCCC1CCC(O)C(CN2CCS(=O)(=O)CC2C)C1. The van der Waals surface area contributed by atoms with Crippen molar-refractivity contribution >= 4 is 9.84 Å². The lowest BCUT2D eigenvalue weighted by atomic mass is 9.77. The van der Waals surface area contributed by atoms with Crippen LogP contribution in [0.2, 0.25) is 0 Å². The first-order valence-electron chi connectivity index (χ1n) is 8.04. The quantitative estimate of drug-likeness (QED) is 0.858. The highest BCUT2D eigenvalue weighted by atomic mass is 32.2. The average molecular weight is 303 g/mol. The highest BCUT2D eigenvalue weighted by Gasteiger charge is 2.34. The topological polar surface area (TPSA) is 57.6 Å². The predicted octanol–water partition coefficient (Wildman–Crippen LogP) is 1.68. The Morgan fingerprint density at radius 2 is 2.05 bits per heavy atom. The molecule has 0 aromatic heterocycles. The molecule has 4 atom stereocenters. The fourth-order valence-electron chi connectivity index (χ4n) is 3.82. The van der Waals surface area contributed by atoms with Crippen molar-refractivity contribution in [1.82, 2.24) is 4.90 Å². The number of aliphatic hydroxyl groups is 1. The van der Waals surface area contributed by atoms with Crippen molar-refractivity contribution in [1.29, 1.82) is 0 Å². The van der Waals surface area contributed by atoms with Crippen molar-refractivity contribution < 1.29 is 13.5 Å². The minimum Gasteiger partial charge on any atom is -0.393 e. The van der Waals surface area contributed by atoms with Crippen LogP contribution in [0, 0.1) is 11.8 Å². The number of hydrogen-bond acceptors (Lipinski definition) is 4. The zero-order chi connectivity index (χ0) is 14.8. The first-order valence-corrected chi connectivity index (χ1v) is 9.86. The second-order valence-electron chi connectivity index (χ2n) is 6.75. The monoisotopic (exact) mass is 303 g/mol. The summed E-state index contributed by atoms with van der Waals surface area (Å²) in [5, 5.41) is 10.2. The maximum Gasteiger partial charge on any atom is 0.153 e. The third-order valence-corrected chi connectivity index (χ3v) is 6.82. The minimum atomic E-state index is -2.84. The van der Waals surface area contributed by atoms with Gasteiger partial charge in [0.15, 0.2) is 9.84 Å². The van der Waals surface area contributed by atoms with Gasteiger partial charge in [-0.25, -0.2) is 8.42 Å². The highest BCUT2D eigenvalue weighted by Crippen LogP contribution is 2.33. The van der Waals surface area contributed by atoms with E-state index in [0.29, 0.717) is 12.5 Å². The fourth-order valence-corrected chi connectivity index (χ4v) is 5.44. The van der Waals surface area contributed by atoms with Crippen molar-refractivity contribution in [3.63, 3.8) is 0 Å². The fraction of sp³-hybridized carbons (Fsp3) is 1.00. The van der Waals surface area contributed by atoms with Gasteiger partial charge in [0, 0.05) is 19.1 Å². The summed E-state index contributed by atoms with van der Waals surface area (Å²) in [7, 11) is -2.84. The van der Waals surface area contributed by atoms with Gasteiger partial charge in [-0.15, -0.1) is 0 Å². The largest absolute Gasteiger partial charge is 0.393 e. The van der Waals surface area contributed by atoms with Gasteiger partial charge in [0.1, 0.15) is 0 Å². The molecule has 1 heterocycles. The van der Waals surface area contributed by atoms with E-state index in [1.165, 1.54) is 12.8 Å². The molecule has 1 aliphatic carbocycles. The zero-order valence-corrected chi connectivity index (χ0v) is 13.6. The molecule has 1 saturated carbocycles. The molecule has 0 amide bonds. The summed E-state index contributed by atoms with van der Waals surface area (Å²) in [5.41, 5.74) is 0. The molecule has 0 aromatic carbocycles. The molecule has 4 unspecified atom stereocenters. The van der Waals surface area contributed by atoms with E-state index in [9.17, 15) is 13.5 Å². The highest BCUT2D eigenvalue weighted by molar-refractivity contribution is 7.91. The van der Waals surface area contributed by atoms with Gasteiger partial charge >= 0.3 is 0 Å². The van der Waals surface area contributed by atoms with Gasteiger partial charge in [-0.05, 0) is 38.0 Å². The van der Waals surface area contributed by atoms with E-state index in [1.807, 2.05) is 6.92 Å². The number of sulfone groups is 1. The molecule has 0 spiro atoms. The molecule has 2 fully saturated rings. The Bertz CT molecular complexity index is 409. The van der Waals surface area contributed by atoms with Crippen LogP contribution in [0.3, 0.4) is 0 Å². The molecule has 4 nitrogen and oxygen atoms in total. The Balaban J connectivity index is 1.91. The van der Waals surface area contributed by atoms with Crippen LogP contribution in [0.5, 0.6) is 0 Å². The van der Waals surface area contributed by atoms with Gasteiger partial charge in [0.25, 0.3) is 0 Å². The number of hydrogen-bond donors (Lipinski definition) is 1. The second-order valence-corrected chi connectivity index (χ2v) is 8.98. The Morgan fingerprint density at radius 1 is 1.30 bits per heavy atom. The lowest BCUT2D eigenvalue weighted by molar-refractivity contribution is 0.0208. The van der Waals surface area contributed by atoms with E-state index in [1.54, 1.807) is 0 Å². The lowest BCUT2D eigenvalue weighted by Crippen LogP contribution is -2.50. The summed E-state index contributed by atoms with van der Waals surface area (Å²) in [6.07, 6.45) is 5.43. The van der Waals surface area contributed by atoms with Crippen LogP contribution in [0.15, 0.2) is 0 Å². The summed E-state index contributed by atoms with van der Waals surface area (Å²) < 4.78 is 23.2. The van der Waals surface area contributed by atoms with Gasteiger partial charge in [-0.1, -0.05) is 19.8 Å². The molecular formula is C15H29NO3S. The minimum absolute atomic E-state index is 0.0903. The Morgan fingerprint density at radius 3 is 2.70 bits per heavy atom. The van der Waals surface area contributed by atoms with Crippen molar-refractivity contribution in [3.8, 4) is 0 Å². The molecule has 1 N–H and O–H groups in total. The molecule has 2 aliphatic rings. The molecule has 0 radical (unpaired) electrons. The first-order chi connectivity index (χ1) is 9.41. The number of nitrogens with zero attached hydrogens (tertiary/aromatic N) is 1. The molecular weight excluding hydrogens is 274 g/mol. The van der Waals surface area contributed by atoms with Crippen LogP contribution in [0.1, 0.15) is 46.0 Å². The Kier molecular flexibility index (Phi) is 5.49. The third kappa shape index (κ3) is 4.18. The summed E-state index contributed by atoms with van der Waals surface area (Å²) in [5.74, 6) is 1.62. The van der Waals surface area contributed by atoms with Gasteiger partial charge in [0.05, 0.1) is 17.6 Å². The molecule has 5 heteroatoms. The van der Waals surface area contributed by atoms with Crippen molar-refractivity contribution in [2.45, 2.75) is 58.1 Å². The Labute approximate surface area is 123 Å². The molecule has 0 bridgehead atoms. The smallest absolute Gasteiger partial charge is 0.153 e. The van der Waals surface area contributed by atoms with E-state index in [-0.39, 0.29) is 23.7 Å². The van der Waals surface area contributed by atoms with Crippen LogP contribution in [-0.2, 0) is 9.84 Å². The molecule has 0 aromatic rings. The van der Waals surface area contributed by atoms with Crippen LogP contribution in [0.25, 0.3) is 0 Å². The van der Waals surface area contributed by atoms with Crippen molar-refractivity contribution in [2.75, 3.05) is 24.6 Å². The summed E-state index contributed by atoms with van der Waals surface area (Å²) in [6, 6.07) is 0.0903. The third-order valence-electron chi connectivity index (χ3n) is 5.02. The Hall–Kier alpha value is -0.130. The molecule has 1 aliphatic heterocycles. The van der Waals surface area contributed by atoms with Crippen LogP contribution >= 0.6 is 0 Å². The van der Waals surface area contributed by atoms with Crippen molar-refractivity contribution in [2.24, 2.45) is 11.8 Å². The molecule has 118 valence electrons. The van der Waals surface area contributed by atoms with Gasteiger partial charge in [-0.3, -0.25) is 4.90 Å². The maximum atomic E-state index is 11.6. The van der Waals surface area contributed by atoms with Gasteiger partial charge in [-0.2, -0.15) is 0 Å². The normalized spacial score (nSPS) is 38.8. The predicted molar refractivity (Wildman–Crippen MR) is 81.4 cm³/mol. The molecule has 2 rings (SSSR count). The number of aliphatic hydroxyl groups excluding tert-OH is 1. The van der Waals surface area contributed by atoms with Gasteiger partial charge in [0.2, 0.25) is 0 Å². The summed E-state index contributed by atoms with van der Waals surface area (Å²) in [6.45, 7) is 5.70.